The van der Waals surface area contributed by atoms with Crippen molar-refractivity contribution in [2.45, 2.75) is 57.9 Å². The van der Waals surface area contributed by atoms with Crippen LogP contribution in [0.3, 0.4) is 0 Å². The van der Waals surface area contributed by atoms with Gasteiger partial charge >= 0.3 is 0 Å². The van der Waals surface area contributed by atoms with Gasteiger partial charge in [0.1, 0.15) is 0 Å². The van der Waals surface area contributed by atoms with Crippen molar-refractivity contribution in [2.24, 2.45) is 17.6 Å². The summed E-state index contributed by atoms with van der Waals surface area (Å²) in [6.07, 6.45) is 6.52. The molecule has 2 fully saturated rings. The van der Waals surface area contributed by atoms with Crippen molar-refractivity contribution in [2.75, 3.05) is 32.7 Å². The number of piperidine rings is 2. The quantitative estimate of drug-likeness (QED) is 0.642. The summed E-state index contributed by atoms with van der Waals surface area (Å²) in [5.74, 6) is 1.34. The van der Waals surface area contributed by atoms with Crippen molar-refractivity contribution in [3.63, 3.8) is 0 Å². The number of hydrogen-bond acceptors (Lipinski definition) is 4. The summed E-state index contributed by atoms with van der Waals surface area (Å²) in [6, 6.07) is 0.146. The van der Waals surface area contributed by atoms with E-state index in [0.29, 0.717) is 37.8 Å². The van der Waals surface area contributed by atoms with Crippen LogP contribution in [0.1, 0.15) is 51.9 Å². The van der Waals surface area contributed by atoms with Gasteiger partial charge in [-0.15, -0.1) is 0 Å². The Morgan fingerprint density at radius 1 is 1.25 bits per heavy atom. The lowest BCUT2D eigenvalue weighted by Gasteiger charge is -2.37. The largest absolute Gasteiger partial charge is 0.354 e. The lowest BCUT2D eigenvalue weighted by Crippen LogP contribution is -2.50. The van der Waals surface area contributed by atoms with Gasteiger partial charge in [-0.3, -0.25) is 9.59 Å². The van der Waals surface area contributed by atoms with Crippen LogP contribution in [0.2, 0.25) is 0 Å². The summed E-state index contributed by atoms with van der Waals surface area (Å²) in [7, 11) is 0. The van der Waals surface area contributed by atoms with Crippen LogP contribution in [-0.4, -0.2) is 55.5 Å². The van der Waals surface area contributed by atoms with E-state index in [9.17, 15) is 9.59 Å². The maximum absolute atomic E-state index is 12.8. The average Bonchev–Trinajstić information content (AvgIpc) is 2.61. The predicted octanol–water partition coefficient (Wildman–Crippen LogP) is 0.858. The molecule has 0 bridgehead atoms. The van der Waals surface area contributed by atoms with Crippen LogP contribution in [0.5, 0.6) is 0 Å². The zero-order chi connectivity index (χ0) is 17.4. The van der Waals surface area contributed by atoms with E-state index in [0.717, 1.165) is 38.9 Å². The number of nitrogens with zero attached hydrogens (tertiary/aromatic N) is 1. The molecule has 0 saturated carbocycles. The minimum Gasteiger partial charge on any atom is -0.354 e. The molecule has 2 rings (SSSR count). The van der Waals surface area contributed by atoms with Gasteiger partial charge in [0.2, 0.25) is 11.8 Å². The van der Waals surface area contributed by atoms with E-state index in [-0.39, 0.29) is 17.9 Å². The number of carbonyl (C=O) groups excluding carboxylic acids is 2. The molecular weight excluding hydrogens is 304 g/mol. The lowest BCUT2D eigenvalue weighted by atomic mass is 9.83. The Bertz CT molecular complexity index is 410. The molecule has 2 unspecified atom stereocenters. The molecule has 2 amide bonds. The number of amides is 2. The highest BCUT2D eigenvalue weighted by atomic mass is 16.2. The van der Waals surface area contributed by atoms with Gasteiger partial charge in [0, 0.05) is 38.5 Å². The molecule has 2 aliphatic rings. The van der Waals surface area contributed by atoms with Crippen LogP contribution in [0, 0.1) is 11.8 Å². The third kappa shape index (κ3) is 5.74. The first-order valence-electron chi connectivity index (χ1n) is 9.58. The van der Waals surface area contributed by atoms with E-state index >= 15 is 0 Å². The van der Waals surface area contributed by atoms with Crippen molar-refractivity contribution in [1.29, 1.82) is 0 Å². The maximum Gasteiger partial charge on any atom is 0.223 e. The Morgan fingerprint density at radius 2 is 2.00 bits per heavy atom. The topological polar surface area (TPSA) is 87.5 Å². The molecule has 2 aliphatic heterocycles. The highest BCUT2D eigenvalue weighted by molar-refractivity contribution is 5.78. The molecule has 0 aromatic carbocycles. The normalized spacial score (nSPS) is 23.8. The third-order valence-corrected chi connectivity index (χ3v) is 5.54. The Hall–Kier alpha value is -1.14. The molecule has 0 aromatic heterocycles. The molecule has 138 valence electrons. The Labute approximate surface area is 145 Å². The van der Waals surface area contributed by atoms with Crippen LogP contribution >= 0.6 is 0 Å². The molecule has 2 heterocycles. The summed E-state index contributed by atoms with van der Waals surface area (Å²) < 4.78 is 0. The Kier molecular flexibility index (Phi) is 7.99. The van der Waals surface area contributed by atoms with Crippen molar-refractivity contribution >= 4 is 11.8 Å². The van der Waals surface area contributed by atoms with Crippen LogP contribution < -0.4 is 16.4 Å². The molecule has 0 radical (unpaired) electrons. The highest BCUT2D eigenvalue weighted by Crippen LogP contribution is 2.26. The van der Waals surface area contributed by atoms with Gasteiger partial charge in [0.05, 0.1) is 0 Å². The SMILES string of the molecule is CC(CC(=O)N1CCCCC1CNC(=O)CCN)C1CCNCC1. The molecule has 24 heavy (non-hydrogen) atoms. The second-order valence-electron chi connectivity index (χ2n) is 7.35. The van der Waals surface area contributed by atoms with Gasteiger partial charge in [-0.05, 0) is 57.0 Å². The minimum atomic E-state index is -0.0152. The zero-order valence-electron chi connectivity index (χ0n) is 15.1. The van der Waals surface area contributed by atoms with E-state index in [2.05, 4.69) is 17.6 Å². The van der Waals surface area contributed by atoms with Crippen LogP contribution in [-0.2, 0) is 9.59 Å². The number of nitrogens with two attached hydrogens (primary N) is 1. The van der Waals surface area contributed by atoms with E-state index < -0.39 is 0 Å². The van der Waals surface area contributed by atoms with Crippen molar-refractivity contribution in [3.8, 4) is 0 Å². The fourth-order valence-electron chi connectivity index (χ4n) is 3.96. The summed E-state index contributed by atoms with van der Waals surface area (Å²) >= 11 is 0. The molecule has 2 saturated heterocycles. The lowest BCUT2D eigenvalue weighted by molar-refractivity contribution is -0.136. The van der Waals surface area contributed by atoms with E-state index in [1.165, 1.54) is 12.8 Å². The fraction of sp³-hybridized carbons (Fsp3) is 0.889. The molecule has 6 nitrogen and oxygen atoms in total. The monoisotopic (exact) mass is 338 g/mol. The standard InChI is InChI=1S/C18H34N4O2/c1-14(15-6-9-20-10-7-15)12-18(24)22-11-3-2-4-16(22)13-21-17(23)5-8-19/h14-16,20H,2-13,19H2,1H3,(H,21,23). The third-order valence-electron chi connectivity index (χ3n) is 5.54. The number of carbonyl (C=O) groups is 2. The van der Waals surface area contributed by atoms with E-state index in [1.54, 1.807) is 0 Å². The first-order chi connectivity index (χ1) is 11.6. The highest BCUT2D eigenvalue weighted by Gasteiger charge is 2.29. The molecule has 0 aliphatic carbocycles. The maximum atomic E-state index is 12.8. The van der Waals surface area contributed by atoms with E-state index in [1.807, 2.05) is 4.90 Å². The predicted molar refractivity (Wildman–Crippen MR) is 95.4 cm³/mol. The smallest absolute Gasteiger partial charge is 0.223 e. The first kappa shape index (κ1) is 19.2. The molecular formula is C18H34N4O2. The van der Waals surface area contributed by atoms with E-state index in [4.69, 9.17) is 5.73 Å². The second kappa shape index (κ2) is 9.99. The van der Waals surface area contributed by atoms with Crippen molar-refractivity contribution < 1.29 is 9.59 Å². The molecule has 0 spiro atoms. The summed E-state index contributed by atoms with van der Waals surface area (Å²) in [5, 5.41) is 6.32. The van der Waals surface area contributed by atoms with Crippen LogP contribution in [0.4, 0.5) is 0 Å². The number of likely N-dealkylation sites (tertiary alicyclic amines) is 1. The summed E-state index contributed by atoms with van der Waals surface area (Å²) in [5.41, 5.74) is 5.41. The van der Waals surface area contributed by atoms with Gasteiger partial charge < -0.3 is 21.3 Å². The average molecular weight is 338 g/mol. The Balaban J connectivity index is 1.83. The van der Waals surface area contributed by atoms with Crippen LogP contribution in [0.15, 0.2) is 0 Å². The van der Waals surface area contributed by atoms with Gasteiger partial charge in [-0.2, -0.15) is 0 Å². The minimum absolute atomic E-state index is 0.0152. The fourth-order valence-corrected chi connectivity index (χ4v) is 3.96. The Morgan fingerprint density at radius 3 is 2.71 bits per heavy atom. The van der Waals surface area contributed by atoms with Crippen molar-refractivity contribution in [3.05, 3.63) is 0 Å². The number of nitrogens with one attached hydrogen (secondary N) is 2. The summed E-state index contributed by atoms with van der Waals surface area (Å²) in [6.45, 7) is 6.12. The van der Waals surface area contributed by atoms with Crippen LogP contribution in [0.25, 0.3) is 0 Å². The van der Waals surface area contributed by atoms with Gasteiger partial charge in [-0.1, -0.05) is 6.92 Å². The molecule has 0 aromatic rings. The number of hydrogen-bond donors (Lipinski definition) is 3. The summed E-state index contributed by atoms with van der Waals surface area (Å²) in [4.78, 5) is 26.5. The van der Waals surface area contributed by atoms with Crippen molar-refractivity contribution in [1.82, 2.24) is 15.5 Å². The van der Waals surface area contributed by atoms with Gasteiger partial charge in [-0.25, -0.2) is 0 Å². The molecule has 6 heteroatoms. The number of rotatable bonds is 7. The molecule has 4 N–H and O–H groups in total. The molecule has 2 atom stereocenters. The first-order valence-corrected chi connectivity index (χ1v) is 9.58. The van der Waals surface area contributed by atoms with Gasteiger partial charge in [0.15, 0.2) is 0 Å². The zero-order valence-corrected chi connectivity index (χ0v) is 15.1. The second-order valence-corrected chi connectivity index (χ2v) is 7.35. The van der Waals surface area contributed by atoms with Gasteiger partial charge in [0.25, 0.3) is 0 Å².